The van der Waals surface area contributed by atoms with Gasteiger partial charge in [-0.2, -0.15) is 11.8 Å². The van der Waals surface area contributed by atoms with E-state index in [1.54, 1.807) is 6.92 Å². The molecule has 1 atom stereocenters. The first-order valence-corrected chi connectivity index (χ1v) is 9.68. The number of likely N-dealkylation sites (N-methyl/N-ethyl adjacent to an activating group) is 1. The average molecular weight is 469 g/mol. The summed E-state index contributed by atoms with van der Waals surface area (Å²) in [4.78, 5) is 23.0. The Labute approximate surface area is 167 Å². The Kier molecular flexibility index (Phi) is 9.14. The van der Waals surface area contributed by atoms with E-state index in [1.165, 1.54) is 12.2 Å². The molecule has 0 bridgehead atoms. The topological polar surface area (TPSA) is 51.2 Å². The van der Waals surface area contributed by atoms with Crippen LogP contribution in [0.15, 0.2) is 4.99 Å². The molecule has 8 heteroatoms. The summed E-state index contributed by atoms with van der Waals surface area (Å²) in [7, 11) is 4.33. The average Bonchev–Trinajstić information content (AvgIpc) is 3.02. The van der Waals surface area contributed by atoms with Gasteiger partial charge in [0, 0.05) is 50.9 Å². The van der Waals surface area contributed by atoms with E-state index in [-0.39, 0.29) is 35.4 Å². The van der Waals surface area contributed by atoms with Crippen molar-refractivity contribution >= 4 is 47.6 Å². The molecule has 0 saturated carbocycles. The molecule has 0 spiro atoms. The first-order chi connectivity index (χ1) is 11.0. The molecule has 0 aromatic heterocycles. The highest BCUT2D eigenvalue weighted by atomic mass is 127. The van der Waals surface area contributed by atoms with E-state index in [0.29, 0.717) is 0 Å². The Morgan fingerprint density at radius 2 is 1.88 bits per heavy atom. The Morgan fingerprint density at radius 1 is 1.25 bits per heavy atom. The van der Waals surface area contributed by atoms with Gasteiger partial charge in [0.25, 0.3) is 0 Å². The lowest BCUT2D eigenvalue weighted by molar-refractivity contribution is -0.130. The number of rotatable bonds is 4. The molecular weight excluding hydrogens is 437 g/mol. The molecule has 6 nitrogen and oxygen atoms in total. The van der Waals surface area contributed by atoms with Crippen molar-refractivity contribution in [1.82, 2.24) is 20.0 Å². The predicted octanol–water partition coefficient (Wildman–Crippen LogP) is 1.17. The lowest BCUT2D eigenvalue weighted by Gasteiger charge is -2.38. The molecule has 24 heavy (non-hydrogen) atoms. The van der Waals surface area contributed by atoms with Gasteiger partial charge in [0.1, 0.15) is 0 Å². The Bertz CT molecular complexity index is 432. The van der Waals surface area contributed by atoms with E-state index >= 15 is 0 Å². The quantitative estimate of drug-likeness (QED) is 0.381. The minimum atomic E-state index is 0. The fraction of sp³-hybridized carbons (Fsp3) is 0.875. The number of nitrogens with zero attached hydrogens (tertiary/aromatic N) is 4. The van der Waals surface area contributed by atoms with Crippen LogP contribution in [0.1, 0.15) is 20.3 Å². The number of guanidine groups is 1. The van der Waals surface area contributed by atoms with Crippen LogP contribution < -0.4 is 5.32 Å². The Morgan fingerprint density at radius 3 is 2.33 bits per heavy atom. The normalized spacial score (nSPS) is 25.0. The highest BCUT2D eigenvalue weighted by molar-refractivity contribution is 14.0. The molecule has 0 aliphatic carbocycles. The van der Waals surface area contributed by atoms with E-state index < -0.39 is 0 Å². The molecule has 2 rings (SSSR count). The van der Waals surface area contributed by atoms with Crippen molar-refractivity contribution in [2.75, 3.05) is 64.9 Å². The van der Waals surface area contributed by atoms with Crippen molar-refractivity contribution in [2.45, 2.75) is 25.8 Å². The van der Waals surface area contributed by atoms with Crippen LogP contribution in [-0.4, -0.2) is 97.0 Å². The summed E-state index contributed by atoms with van der Waals surface area (Å²) in [6.07, 6.45) is 1.20. The number of carbonyl (C=O) groups is 1. The molecular formula is C16H32IN5OS. The third-order valence-corrected chi connectivity index (χ3v) is 6.15. The summed E-state index contributed by atoms with van der Waals surface area (Å²) < 4.78 is 0. The number of halogens is 1. The molecule has 2 saturated heterocycles. The molecule has 0 radical (unpaired) electrons. The molecule has 0 aromatic rings. The van der Waals surface area contributed by atoms with Gasteiger partial charge in [-0.05, 0) is 33.2 Å². The SMILES string of the molecule is CCNC(=NCC1(N(C)C)CCSC1)N1CCN(C(C)=O)CC1.I. The molecule has 2 aliphatic rings. The number of carbonyl (C=O) groups excluding carboxylic acids is 1. The fourth-order valence-corrected chi connectivity index (χ4v) is 4.64. The lowest BCUT2D eigenvalue weighted by atomic mass is 9.98. The van der Waals surface area contributed by atoms with Crippen LogP contribution in [0.2, 0.25) is 0 Å². The highest BCUT2D eigenvalue weighted by Gasteiger charge is 2.36. The van der Waals surface area contributed by atoms with Gasteiger partial charge in [0.15, 0.2) is 5.96 Å². The largest absolute Gasteiger partial charge is 0.357 e. The Balaban J connectivity index is 0.00000288. The van der Waals surface area contributed by atoms with Crippen LogP contribution in [0.25, 0.3) is 0 Å². The molecule has 0 aromatic carbocycles. The van der Waals surface area contributed by atoms with Crippen LogP contribution in [0.3, 0.4) is 0 Å². The zero-order chi connectivity index (χ0) is 16.9. The van der Waals surface area contributed by atoms with Crippen LogP contribution in [-0.2, 0) is 4.79 Å². The summed E-state index contributed by atoms with van der Waals surface area (Å²) in [5.74, 6) is 3.54. The maximum atomic E-state index is 11.5. The molecule has 2 fully saturated rings. The van der Waals surface area contributed by atoms with Crippen LogP contribution in [0, 0.1) is 0 Å². The van der Waals surface area contributed by atoms with Gasteiger partial charge >= 0.3 is 0 Å². The monoisotopic (exact) mass is 469 g/mol. The second kappa shape index (κ2) is 10.1. The molecule has 1 N–H and O–H groups in total. The van der Waals surface area contributed by atoms with E-state index in [0.717, 1.165) is 51.0 Å². The molecule has 2 heterocycles. The summed E-state index contributed by atoms with van der Waals surface area (Å²) in [6, 6.07) is 0. The summed E-state index contributed by atoms with van der Waals surface area (Å²) in [6.45, 7) is 8.74. The summed E-state index contributed by atoms with van der Waals surface area (Å²) in [5.41, 5.74) is 0.187. The van der Waals surface area contributed by atoms with Crippen molar-refractivity contribution in [2.24, 2.45) is 4.99 Å². The van der Waals surface area contributed by atoms with E-state index in [9.17, 15) is 4.79 Å². The van der Waals surface area contributed by atoms with Crippen molar-refractivity contribution in [1.29, 1.82) is 0 Å². The number of thioether (sulfide) groups is 1. The predicted molar refractivity (Wildman–Crippen MR) is 114 cm³/mol. The third kappa shape index (κ3) is 5.39. The molecule has 2 aliphatic heterocycles. The fourth-order valence-electron chi connectivity index (χ4n) is 3.10. The minimum Gasteiger partial charge on any atom is -0.357 e. The van der Waals surface area contributed by atoms with Gasteiger partial charge in [0.05, 0.1) is 6.54 Å². The Hall–Kier alpha value is -0.220. The first-order valence-electron chi connectivity index (χ1n) is 8.52. The second-order valence-electron chi connectivity index (χ2n) is 6.58. The van der Waals surface area contributed by atoms with E-state index in [4.69, 9.17) is 4.99 Å². The maximum Gasteiger partial charge on any atom is 0.219 e. The van der Waals surface area contributed by atoms with Gasteiger partial charge in [0.2, 0.25) is 5.91 Å². The minimum absolute atomic E-state index is 0. The third-order valence-electron chi connectivity index (χ3n) is 4.91. The van der Waals surface area contributed by atoms with Gasteiger partial charge in [-0.15, -0.1) is 24.0 Å². The number of amides is 1. The second-order valence-corrected chi connectivity index (χ2v) is 7.69. The zero-order valence-electron chi connectivity index (χ0n) is 15.4. The van der Waals surface area contributed by atoms with Crippen LogP contribution >= 0.6 is 35.7 Å². The van der Waals surface area contributed by atoms with Gasteiger partial charge in [-0.25, -0.2) is 0 Å². The standard InChI is InChI=1S/C16H31N5OS.HI/c1-5-17-15(21-9-7-20(8-10-21)14(2)22)18-12-16(19(3)4)6-11-23-13-16;/h5-13H2,1-4H3,(H,17,18);1H. The van der Waals surface area contributed by atoms with Crippen molar-refractivity contribution in [3.05, 3.63) is 0 Å². The number of nitrogens with one attached hydrogen (secondary N) is 1. The first kappa shape index (κ1) is 21.8. The van der Waals surface area contributed by atoms with Gasteiger partial charge in [-0.3, -0.25) is 9.79 Å². The number of piperazine rings is 1. The van der Waals surface area contributed by atoms with Gasteiger partial charge < -0.3 is 20.0 Å². The van der Waals surface area contributed by atoms with Crippen LogP contribution in [0.4, 0.5) is 0 Å². The van der Waals surface area contributed by atoms with Crippen molar-refractivity contribution < 1.29 is 4.79 Å². The highest BCUT2D eigenvalue weighted by Crippen LogP contribution is 2.32. The van der Waals surface area contributed by atoms with Crippen molar-refractivity contribution in [3.8, 4) is 0 Å². The van der Waals surface area contributed by atoms with E-state index in [2.05, 4.69) is 36.1 Å². The van der Waals surface area contributed by atoms with Gasteiger partial charge in [-0.1, -0.05) is 0 Å². The molecule has 1 amide bonds. The lowest BCUT2D eigenvalue weighted by Crippen LogP contribution is -2.54. The molecule has 140 valence electrons. The summed E-state index contributed by atoms with van der Waals surface area (Å²) in [5, 5.41) is 3.42. The summed E-state index contributed by atoms with van der Waals surface area (Å²) >= 11 is 2.02. The smallest absolute Gasteiger partial charge is 0.219 e. The number of hydrogen-bond donors (Lipinski definition) is 1. The zero-order valence-corrected chi connectivity index (χ0v) is 18.5. The molecule has 1 unspecified atom stereocenters. The van der Waals surface area contributed by atoms with Crippen molar-refractivity contribution in [3.63, 3.8) is 0 Å². The van der Waals surface area contributed by atoms with Crippen LogP contribution in [0.5, 0.6) is 0 Å². The number of aliphatic imine (C=N–C) groups is 1. The maximum absolute atomic E-state index is 11.5. The van der Waals surface area contributed by atoms with E-state index in [1.807, 2.05) is 16.7 Å². The number of hydrogen-bond acceptors (Lipinski definition) is 4.